The van der Waals surface area contributed by atoms with Gasteiger partial charge < -0.3 is 5.32 Å². The molecule has 0 saturated carbocycles. The second kappa shape index (κ2) is 11.6. The van der Waals surface area contributed by atoms with E-state index in [1.165, 1.54) is 31.2 Å². The second-order valence-corrected chi connectivity index (χ2v) is 5.94. The summed E-state index contributed by atoms with van der Waals surface area (Å²) in [5.74, 6) is 0.800. The van der Waals surface area contributed by atoms with E-state index in [1.807, 2.05) is 18.2 Å². The van der Waals surface area contributed by atoms with Crippen molar-refractivity contribution in [2.45, 2.75) is 64.7 Å². The molecule has 0 bridgehead atoms. The lowest BCUT2D eigenvalue weighted by molar-refractivity contribution is -0.116. The van der Waals surface area contributed by atoms with Gasteiger partial charge in [-0.2, -0.15) is 0 Å². The van der Waals surface area contributed by atoms with Crippen molar-refractivity contribution in [2.75, 3.05) is 11.2 Å². The molecule has 0 aromatic heterocycles. The van der Waals surface area contributed by atoms with Crippen molar-refractivity contribution in [1.29, 1.82) is 0 Å². The predicted octanol–water partition coefficient (Wildman–Crippen LogP) is 5.55. The first-order chi connectivity index (χ1) is 10.3. The molecule has 1 rings (SSSR count). The molecule has 0 fully saturated rings. The molecule has 0 atom stereocenters. The average molecular weight is 310 g/mol. The first-order valence-electron chi connectivity index (χ1n) is 8.21. The molecule has 0 aliphatic carbocycles. The summed E-state index contributed by atoms with van der Waals surface area (Å²) in [6.45, 7) is 2.22. The number of anilines is 1. The summed E-state index contributed by atoms with van der Waals surface area (Å²) in [5, 5.41) is 2.99. The molecule has 1 aromatic carbocycles. The van der Waals surface area contributed by atoms with Crippen molar-refractivity contribution in [3.05, 3.63) is 29.8 Å². The van der Waals surface area contributed by atoms with Crippen molar-refractivity contribution < 1.29 is 4.79 Å². The number of alkyl halides is 1. The van der Waals surface area contributed by atoms with E-state index in [0.717, 1.165) is 31.4 Å². The summed E-state index contributed by atoms with van der Waals surface area (Å²) in [6, 6.07) is 8.06. The minimum atomic E-state index is 0.125. The van der Waals surface area contributed by atoms with Crippen LogP contribution < -0.4 is 5.32 Å². The molecule has 3 heteroatoms. The van der Waals surface area contributed by atoms with E-state index in [-0.39, 0.29) is 5.91 Å². The third-order valence-corrected chi connectivity index (χ3v) is 3.83. The molecule has 0 heterocycles. The van der Waals surface area contributed by atoms with E-state index >= 15 is 0 Å². The van der Waals surface area contributed by atoms with Crippen LogP contribution in [0.15, 0.2) is 24.3 Å². The Kier molecular flexibility index (Phi) is 9.98. The van der Waals surface area contributed by atoms with Crippen molar-refractivity contribution in [1.82, 2.24) is 0 Å². The molecule has 0 aliphatic heterocycles. The smallest absolute Gasteiger partial charge is 0.224 e. The van der Waals surface area contributed by atoms with Crippen LogP contribution in [-0.2, 0) is 11.2 Å². The highest BCUT2D eigenvalue weighted by Crippen LogP contribution is 2.14. The Hall–Kier alpha value is -1.02. The van der Waals surface area contributed by atoms with Crippen molar-refractivity contribution in [3.63, 3.8) is 0 Å². The number of hydrogen-bond acceptors (Lipinski definition) is 1. The minimum absolute atomic E-state index is 0.125. The number of amides is 1. The topological polar surface area (TPSA) is 29.1 Å². The third kappa shape index (κ3) is 8.77. The molecule has 0 spiro atoms. The number of halogens is 1. The molecule has 0 radical (unpaired) electrons. The van der Waals surface area contributed by atoms with Crippen LogP contribution in [0.25, 0.3) is 0 Å². The Bertz CT molecular complexity index is 406. The first kappa shape index (κ1) is 18.0. The van der Waals surface area contributed by atoms with Gasteiger partial charge in [0.2, 0.25) is 5.91 Å². The molecule has 21 heavy (non-hydrogen) atoms. The Balaban J connectivity index is 2.24. The van der Waals surface area contributed by atoms with Gasteiger partial charge in [-0.3, -0.25) is 4.79 Å². The Labute approximate surface area is 134 Å². The van der Waals surface area contributed by atoms with Gasteiger partial charge in [0.15, 0.2) is 0 Å². The lowest BCUT2D eigenvalue weighted by Gasteiger charge is -2.07. The number of carbonyl (C=O) groups is 1. The van der Waals surface area contributed by atoms with E-state index in [1.54, 1.807) is 0 Å². The molecule has 0 unspecified atom stereocenters. The highest BCUT2D eigenvalue weighted by Gasteiger charge is 2.03. The van der Waals surface area contributed by atoms with Gasteiger partial charge in [0.25, 0.3) is 0 Å². The van der Waals surface area contributed by atoms with Gasteiger partial charge in [-0.15, -0.1) is 11.6 Å². The van der Waals surface area contributed by atoms with Crippen molar-refractivity contribution in [3.8, 4) is 0 Å². The molecular weight excluding hydrogens is 282 g/mol. The van der Waals surface area contributed by atoms with Gasteiger partial charge >= 0.3 is 0 Å². The van der Waals surface area contributed by atoms with E-state index in [0.29, 0.717) is 12.3 Å². The largest absolute Gasteiger partial charge is 0.326 e. The van der Waals surface area contributed by atoms with E-state index in [9.17, 15) is 4.79 Å². The fourth-order valence-corrected chi connectivity index (χ4v) is 2.50. The lowest BCUT2D eigenvalue weighted by atomic mass is 10.1. The van der Waals surface area contributed by atoms with Gasteiger partial charge in [0.05, 0.1) is 0 Å². The van der Waals surface area contributed by atoms with E-state index in [2.05, 4.69) is 18.3 Å². The number of unbranched alkanes of at least 4 members (excludes halogenated alkanes) is 5. The zero-order valence-electron chi connectivity index (χ0n) is 13.2. The average Bonchev–Trinajstić information content (AvgIpc) is 2.49. The van der Waals surface area contributed by atoms with Crippen LogP contribution in [0.5, 0.6) is 0 Å². The summed E-state index contributed by atoms with van der Waals surface area (Å²) in [4.78, 5) is 11.9. The standard InChI is InChI=1S/C18H28ClNO/c1-2-3-4-5-6-7-13-18(21)20-17-12-8-10-16(15-17)11-9-14-19/h8,10,12,15H,2-7,9,11,13-14H2,1H3,(H,20,21). The molecule has 0 aliphatic rings. The quantitative estimate of drug-likeness (QED) is 0.421. The highest BCUT2D eigenvalue weighted by atomic mass is 35.5. The summed E-state index contributed by atoms with van der Waals surface area (Å²) < 4.78 is 0. The normalized spacial score (nSPS) is 10.6. The SMILES string of the molecule is CCCCCCCCC(=O)Nc1cccc(CCCCl)c1. The zero-order chi connectivity index (χ0) is 15.3. The van der Waals surface area contributed by atoms with Crippen LogP contribution in [-0.4, -0.2) is 11.8 Å². The van der Waals surface area contributed by atoms with Gasteiger partial charge in [-0.1, -0.05) is 51.2 Å². The van der Waals surface area contributed by atoms with Crippen LogP contribution in [0, 0.1) is 0 Å². The molecule has 1 N–H and O–H groups in total. The molecule has 118 valence electrons. The summed E-state index contributed by atoms with van der Waals surface area (Å²) in [6.07, 6.45) is 9.81. The monoisotopic (exact) mass is 309 g/mol. The van der Waals surface area contributed by atoms with Crippen LogP contribution in [0.3, 0.4) is 0 Å². The van der Waals surface area contributed by atoms with Crippen LogP contribution in [0.4, 0.5) is 5.69 Å². The summed E-state index contributed by atoms with van der Waals surface area (Å²) >= 11 is 5.71. The summed E-state index contributed by atoms with van der Waals surface area (Å²) in [7, 11) is 0. The number of benzene rings is 1. The van der Waals surface area contributed by atoms with Crippen LogP contribution >= 0.6 is 11.6 Å². The molecular formula is C18H28ClNO. The maximum atomic E-state index is 11.9. The van der Waals surface area contributed by atoms with Crippen LogP contribution in [0.1, 0.15) is 63.9 Å². The number of aryl methyl sites for hydroxylation is 1. The molecule has 1 aromatic rings. The highest BCUT2D eigenvalue weighted by molar-refractivity contribution is 6.17. The maximum Gasteiger partial charge on any atom is 0.224 e. The first-order valence-corrected chi connectivity index (χ1v) is 8.74. The molecule has 0 saturated heterocycles. The molecule has 2 nitrogen and oxygen atoms in total. The van der Waals surface area contributed by atoms with E-state index in [4.69, 9.17) is 11.6 Å². The number of rotatable bonds is 11. The van der Waals surface area contributed by atoms with E-state index < -0.39 is 0 Å². The van der Waals surface area contributed by atoms with Gasteiger partial charge in [-0.25, -0.2) is 0 Å². The van der Waals surface area contributed by atoms with Gasteiger partial charge in [-0.05, 0) is 37.0 Å². The second-order valence-electron chi connectivity index (χ2n) is 5.56. The lowest BCUT2D eigenvalue weighted by Crippen LogP contribution is -2.11. The number of carbonyl (C=O) groups excluding carboxylic acids is 1. The fraction of sp³-hybridized carbons (Fsp3) is 0.611. The minimum Gasteiger partial charge on any atom is -0.326 e. The van der Waals surface area contributed by atoms with Crippen LogP contribution in [0.2, 0.25) is 0 Å². The summed E-state index contributed by atoms with van der Waals surface area (Å²) in [5.41, 5.74) is 2.13. The third-order valence-electron chi connectivity index (χ3n) is 3.57. The van der Waals surface area contributed by atoms with Gasteiger partial charge in [0, 0.05) is 18.0 Å². The fourth-order valence-electron chi connectivity index (χ4n) is 2.36. The Morgan fingerprint density at radius 3 is 2.62 bits per heavy atom. The maximum absolute atomic E-state index is 11.9. The Morgan fingerprint density at radius 2 is 1.86 bits per heavy atom. The molecule has 1 amide bonds. The van der Waals surface area contributed by atoms with Gasteiger partial charge in [0.1, 0.15) is 0 Å². The Morgan fingerprint density at radius 1 is 1.10 bits per heavy atom. The van der Waals surface area contributed by atoms with Crippen molar-refractivity contribution in [2.24, 2.45) is 0 Å². The number of hydrogen-bond donors (Lipinski definition) is 1. The zero-order valence-corrected chi connectivity index (χ0v) is 13.9. The number of nitrogens with one attached hydrogen (secondary N) is 1. The van der Waals surface area contributed by atoms with Crippen molar-refractivity contribution >= 4 is 23.2 Å². The predicted molar refractivity (Wildman–Crippen MR) is 92.1 cm³/mol.